The van der Waals surface area contributed by atoms with Crippen LogP contribution >= 0.6 is 27.5 Å². The minimum absolute atomic E-state index is 0.203. The van der Waals surface area contributed by atoms with Crippen molar-refractivity contribution in [3.8, 4) is 0 Å². The SMILES string of the molecule is O=C(O)C1CCCC(Nc2cccc(Cl)c2Br)C1. The minimum Gasteiger partial charge on any atom is -0.481 e. The number of rotatable bonds is 3. The molecule has 2 rings (SSSR count). The molecular weight excluding hydrogens is 318 g/mol. The van der Waals surface area contributed by atoms with E-state index in [9.17, 15) is 4.79 Å². The van der Waals surface area contributed by atoms with Gasteiger partial charge >= 0.3 is 5.97 Å². The molecule has 0 amide bonds. The van der Waals surface area contributed by atoms with Crippen molar-refractivity contribution >= 4 is 39.2 Å². The Labute approximate surface area is 120 Å². The molecule has 1 aliphatic rings. The van der Waals surface area contributed by atoms with Crippen molar-refractivity contribution in [2.45, 2.75) is 31.7 Å². The van der Waals surface area contributed by atoms with Crippen LogP contribution in [-0.4, -0.2) is 17.1 Å². The van der Waals surface area contributed by atoms with Gasteiger partial charge in [0, 0.05) is 6.04 Å². The molecule has 3 nitrogen and oxygen atoms in total. The highest BCUT2D eigenvalue weighted by molar-refractivity contribution is 9.10. The van der Waals surface area contributed by atoms with Crippen molar-refractivity contribution in [2.75, 3.05) is 5.32 Å². The molecule has 0 bridgehead atoms. The van der Waals surface area contributed by atoms with Gasteiger partial charge in [-0.3, -0.25) is 4.79 Å². The van der Waals surface area contributed by atoms with E-state index in [1.807, 2.05) is 18.2 Å². The number of hydrogen-bond acceptors (Lipinski definition) is 2. The first-order valence-corrected chi connectivity index (χ1v) is 7.18. The monoisotopic (exact) mass is 331 g/mol. The minimum atomic E-state index is -0.688. The predicted octanol–water partition coefficient (Wildman–Crippen LogP) is 4.16. The summed E-state index contributed by atoms with van der Waals surface area (Å²) in [5.74, 6) is -0.916. The summed E-state index contributed by atoms with van der Waals surface area (Å²) < 4.78 is 0.837. The van der Waals surface area contributed by atoms with Crippen LogP contribution in [0.4, 0.5) is 5.69 Å². The molecule has 5 heteroatoms. The first kappa shape index (κ1) is 13.7. The van der Waals surface area contributed by atoms with Crippen LogP contribution in [-0.2, 0) is 4.79 Å². The Morgan fingerprint density at radius 3 is 2.94 bits per heavy atom. The fourth-order valence-corrected chi connectivity index (χ4v) is 2.93. The summed E-state index contributed by atoms with van der Waals surface area (Å²) >= 11 is 9.47. The van der Waals surface area contributed by atoms with Gasteiger partial charge in [0.15, 0.2) is 0 Å². The zero-order valence-corrected chi connectivity index (χ0v) is 12.2. The molecule has 1 fully saturated rings. The molecule has 1 aliphatic carbocycles. The summed E-state index contributed by atoms with van der Waals surface area (Å²) in [6, 6.07) is 5.85. The van der Waals surface area contributed by atoms with Crippen LogP contribution in [0.2, 0.25) is 5.02 Å². The highest BCUT2D eigenvalue weighted by Gasteiger charge is 2.27. The van der Waals surface area contributed by atoms with Crippen LogP contribution in [0.1, 0.15) is 25.7 Å². The quantitative estimate of drug-likeness (QED) is 0.874. The molecule has 1 aromatic carbocycles. The zero-order chi connectivity index (χ0) is 13.1. The molecule has 0 spiro atoms. The Bertz CT molecular complexity index is 453. The Hall–Kier alpha value is -0.740. The van der Waals surface area contributed by atoms with E-state index in [4.69, 9.17) is 16.7 Å². The number of hydrogen-bond donors (Lipinski definition) is 2. The van der Waals surface area contributed by atoms with Crippen molar-refractivity contribution in [1.29, 1.82) is 0 Å². The summed E-state index contributed by atoms with van der Waals surface area (Å²) in [4.78, 5) is 11.0. The first-order valence-electron chi connectivity index (χ1n) is 6.01. The molecule has 0 heterocycles. The maximum absolute atomic E-state index is 11.0. The van der Waals surface area contributed by atoms with Gasteiger partial charge in [-0.15, -0.1) is 0 Å². The Balaban J connectivity index is 2.05. The maximum atomic E-state index is 11.0. The van der Waals surface area contributed by atoms with Crippen molar-refractivity contribution in [1.82, 2.24) is 0 Å². The molecular formula is C13H15BrClNO2. The molecule has 0 aromatic heterocycles. The van der Waals surface area contributed by atoms with Gasteiger partial charge in [0.1, 0.15) is 0 Å². The van der Waals surface area contributed by atoms with Crippen molar-refractivity contribution in [2.24, 2.45) is 5.92 Å². The third-order valence-electron chi connectivity index (χ3n) is 3.33. The topological polar surface area (TPSA) is 49.3 Å². The second-order valence-electron chi connectivity index (χ2n) is 4.64. The van der Waals surface area contributed by atoms with Crippen molar-refractivity contribution in [3.05, 3.63) is 27.7 Å². The lowest BCUT2D eigenvalue weighted by molar-refractivity contribution is -0.142. The van der Waals surface area contributed by atoms with E-state index in [1.165, 1.54) is 0 Å². The molecule has 0 aliphatic heterocycles. The first-order chi connectivity index (χ1) is 8.58. The molecule has 18 heavy (non-hydrogen) atoms. The average molecular weight is 333 g/mol. The van der Waals surface area contributed by atoms with E-state index in [-0.39, 0.29) is 12.0 Å². The van der Waals surface area contributed by atoms with Gasteiger partial charge in [0.2, 0.25) is 0 Å². The standard InChI is InChI=1S/C13H15BrClNO2/c14-12-10(15)5-2-6-11(12)16-9-4-1-3-8(7-9)13(17)18/h2,5-6,8-9,16H,1,3-4,7H2,(H,17,18). The molecule has 2 atom stereocenters. The van der Waals surface area contributed by atoms with E-state index < -0.39 is 5.97 Å². The summed E-state index contributed by atoms with van der Waals surface area (Å²) in [5.41, 5.74) is 0.929. The van der Waals surface area contributed by atoms with E-state index >= 15 is 0 Å². The molecule has 2 N–H and O–H groups in total. The third-order valence-corrected chi connectivity index (χ3v) is 4.73. The highest BCUT2D eigenvalue weighted by Crippen LogP contribution is 2.33. The van der Waals surface area contributed by atoms with Crippen LogP contribution in [0, 0.1) is 5.92 Å². The summed E-state index contributed by atoms with van der Waals surface area (Å²) in [5, 5.41) is 13.1. The molecule has 98 valence electrons. The van der Waals surface area contributed by atoms with Crippen LogP contribution in [0.15, 0.2) is 22.7 Å². The van der Waals surface area contributed by atoms with Crippen molar-refractivity contribution in [3.63, 3.8) is 0 Å². The smallest absolute Gasteiger partial charge is 0.306 e. The summed E-state index contributed by atoms with van der Waals surface area (Å²) in [6.45, 7) is 0. The number of benzene rings is 1. The van der Waals surface area contributed by atoms with E-state index in [0.29, 0.717) is 11.4 Å². The number of carboxylic acid groups (broad SMARTS) is 1. The highest BCUT2D eigenvalue weighted by atomic mass is 79.9. The largest absolute Gasteiger partial charge is 0.481 e. The number of anilines is 1. The second kappa shape index (κ2) is 5.93. The van der Waals surface area contributed by atoms with E-state index in [2.05, 4.69) is 21.2 Å². The van der Waals surface area contributed by atoms with Crippen LogP contribution in [0.3, 0.4) is 0 Å². The molecule has 0 saturated heterocycles. The Morgan fingerprint density at radius 2 is 2.22 bits per heavy atom. The van der Waals surface area contributed by atoms with Crippen LogP contribution < -0.4 is 5.32 Å². The lowest BCUT2D eigenvalue weighted by Gasteiger charge is -2.28. The maximum Gasteiger partial charge on any atom is 0.306 e. The number of carbonyl (C=O) groups is 1. The molecule has 1 saturated carbocycles. The van der Waals surface area contributed by atoms with E-state index in [1.54, 1.807) is 0 Å². The molecule has 0 radical (unpaired) electrons. The van der Waals surface area contributed by atoms with Crippen molar-refractivity contribution < 1.29 is 9.90 Å². The van der Waals surface area contributed by atoms with Gasteiger partial charge in [0.25, 0.3) is 0 Å². The van der Waals surface area contributed by atoms with Gasteiger partial charge in [-0.1, -0.05) is 24.1 Å². The number of nitrogens with one attached hydrogen (secondary N) is 1. The fourth-order valence-electron chi connectivity index (χ4n) is 2.38. The normalized spacial score (nSPS) is 23.7. The van der Waals surface area contributed by atoms with Gasteiger partial charge in [-0.2, -0.15) is 0 Å². The predicted molar refractivity (Wildman–Crippen MR) is 76.2 cm³/mol. The lowest BCUT2D eigenvalue weighted by Crippen LogP contribution is -2.31. The number of carboxylic acids is 1. The average Bonchev–Trinajstić information content (AvgIpc) is 2.35. The number of aliphatic carboxylic acids is 1. The molecule has 1 aromatic rings. The molecule has 2 unspecified atom stereocenters. The summed E-state index contributed by atoms with van der Waals surface area (Å²) in [6.07, 6.45) is 3.41. The van der Waals surface area contributed by atoms with Crippen LogP contribution in [0.5, 0.6) is 0 Å². The fraction of sp³-hybridized carbons (Fsp3) is 0.462. The zero-order valence-electron chi connectivity index (χ0n) is 9.83. The van der Waals surface area contributed by atoms with E-state index in [0.717, 1.165) is 29.4 Å². The van der Waals surface area contributed by atoms with Gasteiger partial charge in [0.05, 0.1) is 21.1 Å². The number of halogens is 2. The summed E-state index contributed by atoms with van der Waals surface area (Å²) in [7, 11) is 0. The Kier molecular flexibility index (Phi) is 4.51. The Morgan fingerprint density at radius 1 is 1.44 bits per heavy atom. The van der Waals surface area contributed by atoms with Gasteiger partial charge in [-0.25, -0.2) is 0 Å². The van der Waals surface area contributed by atoms with Gasteiger partial charge in [-0.05, 0) is 47.3 Å². The van der Waals surface area contributed by atoms with Crippen LogP contribution in [0.25, 0.3) is 0 Å². The third kappa shape index (κ3) is 3.18. The lowest BCUT2D eigenvalue weighted by atomic mass is 9.85. The van der Waals surface area contributed by atoms with Gasteiger partial charge < -0.3 is 10.4 Å². The second-order valence-corrected chi connectivity index (χ2v) is 5.84.